The van der Waals surface area contributed by atoms with E-state index in [1.807, 2.05) is 27.7 Å². The molecule has 0 aromatic carbocycles. The molecule has 0 aromatic heterocycles. The van der Waals surface area contributed by atoms with Gasteiger partial charge in [-0.05, 0) is 25.7 Å². The molecule has 4 nitrogen and oxygen atoms in total. The molecule has 1 rings (SSSR count). The summed E-state index contributed by atoms with van der Waals surface area (Å²) in [7, 11) is 0. The van der Waals surface area contributed by atoms with Crippen LogP contribution in [0.25, 0.3) is 0 Å². The number of carbonyl (C=O) groups is 2. The fraction of sp³-hybridized carbons (Fsp3) is 0.714. The maximum absolute atomic E-state index is 12.4. The first-order valence-electron chi connectivity index (χ1n) is 6.67. The lowest BCUT2D eigenvalue weighted by Gasteiger charge is -2.43. The number of hydrogen-bond acceptors (Lipinski definition) is 2. The van der Waals surface area contributed by atoms with Crippen LogP contribution in [0.15, 0.2) is 12.7 Å². The van der Waals surface area contributed by atoms with Crippen molar-refractivity contribution in [3.05, 3.63) is 12.7 Å². The topological polar surface area (TPSA) is 49.4 Å². The van der Waals surface area contributed by atoms with Crippen molar-refractivity contribution in [2.24, 2.45) is 5.92 Å². The van der Waals surface area contributed by atoms with E-state index in [4.69, 9.17) is 0 Å². The van der Waals surface area contributed by atoms with Crippen LogP contribution in [0.1, 0.15) is 40.5 Å². The van der Waals surface area contributed by atoms with Crippen molar-refractivity contribution in [3.8, 4) is 0 Å². The molecule has 1 aliphatic rings. The van der Waals surface area contributed by atoms with Gasteiger partial charge in [-0.25, -0.2) is 0 Å². The third kappa shape index (κ3) is 2.74. The van der Waals surface area contributed by atoms with Crippen LogP contribution in [-0.4, -0.2) is 34.8 Å². The first-order valence-corrected chi connectivity index (χ1v) is 6.67. The van der Waals surface area contributed by atoms with E-state index in [0.29, 0.717) is 12.8 Å². The standard InChI is InChI=1S/C14H24N2O2/c1-6-8-10(5)16-12(9(3)4)13(17)15-11(7-2)14(16)18/h6,9-12H,1,7-8H2,2-5H3,(H,15,17). The fourth-order valence-electron chi connectivity index (χ4n) is 2.51. The van der Waals surface area contributed by atoms with Crippen LogP contribution in [0.4, 0.5) is 0 Å². The summed E-state index contributed by atoms with van der Waals surface area (Å²) in [6, 6.07) is -0.725. The van der Waals surface area contributed by atoms with E-state index < -0.39 is 0 Å². The zero-order valence-electron chi connectivity index (χ0n) is 11.8. The molecule has 2 amide bonds. The van der Waals surface area contributed by atoms with Crippen LogP contribution in [0, 0.1) is 5.92 Å². The predicted molar refractivity (Wildman–Crippen MR) is 72.0 cm³/mol. The van der Waals surface area contributed by atoms with E-state index in [0.717, 1.165) is 0 Å². The highest BCUT2D eigenvalue weighted by Crippen LogP contribution is 2.22. The highest BCUT2D eigenvalue weighted by molar-refractivity contribution is 5.97. The molecule has 1 aliphatic heterocycles. The van der Waals surface area contributed by atoms with Gasteiger partial charge in [-0.1, -0.05) is 26.8 Å². The molecule has 4 heteroatoms. The van der Waals surface area contributed by atoms with E-state index in [1.54, 1.807) is 11.0 Å². The molecule has 0 radical (unpaired) electrons. The first kappa shape index (κ1) is 14.7. The molecule has 1 fully saturated rings. The lowest BCUT2D eigenvalue weighted by atomic mass is 9.94. The Morgan fingerprint density at radius 1 is 1.39 bits per heavy atom. The number of rotatable bonds is 5. The Hall–Kier alpha value is -1.32. The summed E-state index contributed by atoms with van der Waals surface area (Å²) >= 11 is 0. The van der Waals surface area contributed by atoms with Crippen molar-refractivity contribution in [1.82, 2.24) is 10.2 Å². The van der Waals surface area contributed by atoms with Crippen LogP contribution in [0.5, 0.6) is 0 Å². The smallest absolute Gasteiger partial charge is 0.246 e. The Morgan fingerprint density at radius 2 is 2.00 bits per heavy atom. The van der Waals surface area contributed by atoms with Crippen molar-refractivity contribution in [1.29, 1.82) is 0 Å². The normalized spacial score (nSPS) is 26.2. The Bertz CT molecular complexity index is 339. The van der Waals surface area contributed by atoms with Gasteiger partial charge in [-0.15, -0.1) is 6.58 Å². The van der Waals surface area contributed by atoms with Gasteiger partial charge in [0.05, 0.1) is 0 Å². The summed E-state index contributed by atoms with van der Waals surface area (Å²) in [4.78, 5) is 26.3. The first-order chi connectivity index (χ1) is 8.43. The van der Waals surface area contributed by atoms with E-state index in [-0.39, 0.29) is 35.9 Å². The van der Waals surface area contributed by atoms with Crippen LogP contribution in [-0.2, 0) is 9.59 Å². The minimum absolute atomic E-state index is 0.0162. The number of nitrogens with zero attached hydrogens (tertiary/aromatic N) is 1. The summed E-state index contributed by atoms with van der Waals surface area (Å²) in [6.45, 7) is 11.5. The van der Waals surface area contributed by atoms with Gasteiger partial charge in [0, 0.05) is 6.04 Å². The minimum atomic E-state index is -0.375. The van der Waals surface area contributed by atoms with Gasteiger partial charge in [0.15, 0.2) is 0 Å². The molecule has 0 saturated carbocycles. The summed E-state index contributed by atoms with van der Waals surface area (Å²) < 4.78 is 0. The van der Waals surface area contributed by atoms with Crippen LogP contribution in [0.2, 0.25) is 0 Å². The zero-order chi connectivity index (χ0) is 13.9. The number of carbonyl (C=O) groups excluding carboxylic acids is 2. The number of piperazine rings is 1. The molecule has 3 atom stereocenters. The maximum atomic E-state index is 12.4. The molecule has 1 N–H and O–H groups in total. The maximum Gasteiger partial charge on any atom is 0.246 e. The molecular formula is C14H24N2O2. The van der Waals surface area contributed by atoms with Gasteiger partial charge < -0.3 is 10.2 Å². The van der Waals surface area contributed by atoms with Crippen molar-refractivity contribution in [2.75, 3.05) is 0 Å². The molecular weight excluding hydrogens is 228 g/mol. The molecule has 1 heterocycles. The average molecular weight is 252 g/mol. The monoisotopic (exact) mass is 252 g/mol. The highest BCUT2D eigenvalue weighted by Gasteiger charge is 2.42. The molecule has 1 saturated heterocycles. The molecule has 3 unspecified atom stereocenters. The average Bonchev–Trinajstić information content (AvgIpc) is 2.30. The zero-order valence-corrected chi connectivity index (χ0v) is 11.8. The number of hydrogen-bond donors (Lipinski definition) is 1. The van der Waals surface area contributed by atoms with Crippen LogP contribution in [0.3, 0.4) is 0 Å². The van der Waals surface area contributed by atoms with Gasteiger partial charge >= 0.3 is 0 Å². The number of amides is 2. The Balaban J connectivity index is 3.04. The van der Waals surface area contributed by atoms with Gasteiger partial charge in [0.2, 0.25) is 11.8 Å². The second-order valence-electron chi connectivity index (χ2n) is 5.28. The number of nitrogens with one attached hydrogen (secondary N) is 1. The Morgan fingerprint density at radius 3 is 2.44 bits per heavy atom. The minimum Gasteiger partial charge on any atom is -0.343 e. The third-order valence-electron chi connectivity index (χ3n) is 3.46. The lowest BCUT2D eigenvalue weighted by Crippen LogP contribution is -2.66. The second-order valence-corrected chi connectivity index (χ2v) is 5.28. The molecule has 0 bridgehead atoms. The van der Waals surface area contributed by atoms with Gasteiger partial charge in [0.1, 0.15) is 12.1 Å². The quantitative estimate of drug-likeness (QED) is 0.757. The lowest BCUT2D eigenvalue weighted by molar-refractivity contribution is -0.153. The summed E-state index contributed by atoms with van der Waals surface area (Å²) in [5.41, 5.74) is 0. The second kappa shape index (κ2) is 6.03. The largest absolute Gasteiger partial charge is 0.343 e. The molecule has 18 heavy (non-hydrogen) atoms. The van der Waals surface area contributed by atoms with E-state index >= 15 is 0 Å². The van der Waals surface area contributed by atoms with Crippen molar-refractivity contribution < 1.29 is 9.59 Å². The molecule has 102 valence electrons. The fourth-order valence-corrected chi connectivity index (χ4v) is 2.51. The summed E-state index contributed by atoms with van der Waals surface area (Å²) in [6.07, 6.45) is 3.13. The highest BCUT2D eigenvalue weighted by atomic mass is 16.2. The Labute approximate surface area is 109 Å². The van der Waals surface area contributed by atoms with Crippen molar-refractivity contribution in [2.45, 2.75) is 58.7 Å². The van der Waals surface area contributed by atoms with Crippen molar-refractivity contribution >= 4 is 11.8 Å². The predicted octanol–water partition coefficient (Wildman–Crippen LogP) is 1.71. The summed E-state index contributed by atoms with van der Waals surface area (Å²) in [5.74, 6) is 0.108. The van der Waals surface area contributed by atoms with Crippen LogP contribution >= 0.6 is 0 Å². The van der Waals surface area contributed by atoms with E-state index in [9.17, 15) is 9.59 Å². The van der Waals surface area contributed by atoms with Gasteiger partial charge in [-0.2, -0.15) is 0 Å². The van der Waals surface area contributed by atoms with Crippen LogP contribution < -0.4 is 5.32 Å². The van der Waals surface area contributed by atoms with E-state index in [2.05, 4.69) is 11.9 Å². The Kier molecular flexibility index (Phi) is 4.93. The molecule has 0 spiro atoms. The third-order valence-corrected chi connectivity index (χ3v) is 3.46. The SMILES string of the molecule is C=CCC(C)N1C(=O)C(CC)NC(=O)C1C(C)C. The molecule has 0 aromatic rings. The summed E-state index contributed by atoms with van der Waals surface area (Å²) in [5, 5.41) is 2.82. The van der Waals surface area contributed by atoms with Crippen molar-refractivity contribution in [3.63, 3.8) is 0 Å². The van der Waals surface area contributed by atoms with E-state index in [1.165, 1.54) is 0 Å². The van der Waals surface area contributed by atoms with Gasteiger partial charge in [0.25, 0.3) is 0 Å². The molecule has 0 aliphatic carbocycles. The van der Waals surface area contributed by atoms with Gasteiger partial charge in [-0.3, -0.25) is 9.59 Å².